The lowest BCUT2D eigenvalue weighted by molar-refractivity contribution is -0.0493. The molecule has 2 nitrogen and oxygen atoms in total. The van der Waals surface area contributed by atoms with Gasteiger partial charge in [0, 0.05) is 12.1 Å². The van der Waals surface area contributed by atoms with Gasteiger partial charge in [0.2, 0.25) is 0 Å². The summed E-state index contributed by atoms with van der Waals surface area (Å²) in [5.41, 5.74) is 0.438. The van der Waals surface area contributed by atoms with Gasteiger partial charge in [-0.05, 0) is 18.2 Å². The van der Waals surface area contributed by atoms with E-state index < -0.39 is 6.61 Å². The fourth-order valence-electron chi connectivity index (χ4n) is 0.896. The van der Waals surface area contributed by atoms with E-state index in [1.807, 2.05) is 0 Å². The third-order valence-electron chi connectivity index (χ3n) is 1.43. The second-order valence-corrected chi connectivity index (χ2v) is 2.71. The Morgan fingerprint density at radius 3 is 2.69 bits per heavy atom. The van der Waals surface area contributed by atoms with E-state index in [1.54, 1.807) is 7.05 Å². The van der Waals surface area contributed by atoms with Crippen LogP contribution in [0.25, 0.3) is 0 Å². The zero-order valence-electron chi connectivity index (χ0n) is 6.85. The highest BCUT2D eigenvalue weighted by molar-refractivity contribution is 6.30. The summed E-state index contributed by atoms with van der Waals surface area (Å²) in [6.07, 6.45) is 0. The van der Waals surface area contributed by atoms with Crippen LogP contribution in [0, 0.1) is 0 Å². The number of anilines is 1. The van der Waals surface area contributed by atoms with E-state index in [1.165, 1.54) is 18.2 Å². The average Bonchev–Trinajstić information content (AvgIpc) is 2.07. The van der Waals surface area contributed by atoms with Gasteiger partial charge in [0.1, 0.15) is 5.75 Å². The van der Waals surface area contributed by atoms with Gasteiger partial charge < -0.3 is 10.1 Å². The Bertz CT molecular complexity index is 293. The van der Waals surface area contributed by atoms with Crippen molar-refractivity contribution in [1.82, 2.24) is 0 Å². The number of halogens is 3. The number of ether oxygens (including phenoxy) is 1. The molecular weight excluding hydrogens is 200 g/mol. The van der Waals surface area contributed by atoms with Crippen LogP contribution in [0.15, 0.2) is 18.2 Å². The maximum atomic E-state index is 11.9. The van der Waals surface area contributed by atoms with Crippen molar-refractivity contribution < 1.29 is 13.5 Å². The van der Waals surface area contributed by atoms with Crippen molar-refractivity contribution in [3.63, 3.8) is 0 Å². The van der Waals surface area contributed by atoms with E-state index in [2.05, 4.69) is 10.1 Å². The van der Waals surface area contributed by atoms with E-state index in [0.29, 0.717) is 10.7 Å². The molecule has 0 atom stereocenters. The van der Waals surface area contributed by atoms with Crippen LogP contribution in [0.5, 0.6) is 5.75 Å². The quantitative estimate of drug-likeness (QED) is 0.823. The fourth-order valence-corrected chi connectivity index (χ4v) is 1.07. The summed E-state index contributed by atoms with van der Waals surface area (Å²) >= 11 is 5.65. The SMILES string of the molecule is CNc1cc(Cl)ccc1OC(F)F. The molecule has 13 heavy (non-hydrogen) atoms. The average molecular weight is 208 g/mol. The molecule has 0 aliphatic heterocycles. The monoisotopic (exact) mass is 207 g/mol. The highest BCUT2D eigenvalue weighted by atomic mass is 35.5. The Labute approximate surface area is 79.5 Å². The Kier molecular flexibility index (Phi) is 3.31. The van der Waals surface area contributed by atoms with Gasteiger partial charge in [-0.15, -0.1) is 0 Å². The van der Waals surface area contributed by atoms with Gasteiger partial charge in [0.05, 0.1) is 5.69 Å². The van der Waals surface area contributed by atoms with Crippen LogP contribution in [-0.4, -0.2) is 13.7 Å². The number of hydrogen-bond acceptors (Lipinski definition) is 2. The van der Waals surface area contributed by atoms with E-state index in [0.717, 1.165) is 0 Å². The van der Waals surface area contributed by atoms with Crippen LogP contribution in [-0.2, 0) is 0 Å². The summed E-state index contributed by atoms with van der Waals surface area (Å²) in [5.74, 6) is 0.0851. The van der Waals surface area contributed by atoms with Crippen molar-refractivity contribution in [3.05, 3.63) is 23.2 Å². The molecule has 0 unspecified atom stereocenters. The molecule has 1 rings (SSSR count). The first kappa shape index (κ1) is 10.1. The summed E-state index contributed by atoms with van der Waals surface area (Å²) in [4.78, 5) is 0. The molecule has 0 aliphatic rings. The predicted molar refractivity (Wildman–Crippen MR) is 47.6 cm³/mol. The van der Waals surface area contributed by atoms with E-state index in [9.17, 15) is 8.78 Å². The summed E-state index contributed by atoms with van der Waals surface area (Å²) in [6.45, 7) is -2.83. The van der Waals surface area contributed by atoms with E-state index in [4.69, 9.17) is 11.6 Å². The molecule has 1 aromatic rings. The molecule has 1 aromatic carbocycles. The number of benzene rings is 1. The number of alkyl halides is 2. The summed E-state index contributed by atoms with van der Waals surface area (Å²) in [7, 11) is 1.60. The summed E-state index contributed by atoms with van der Waals surface area (Å²) in [5, 5.41) is 3.16. The van der Waals surface area contributed by atoms with Crippen molar-refractivity contribution in [2.24, 2.45) is 0 Å². The third-order valence-corrected chi connectivity index (χ3v) is 1.66. The number of nitrogens with one attached hydrogen (secondary N) is 1. The smallest absolute Gasteiger partial charge is 0.387 e. The van der Waals surface area contributed by atoms with Gasteiger partial charge in [-0.1, -0.05) is 11.6 Å². The Balaban J connectivity index is 2.92. The zero-order chi connectivity index (χ0) is 9.84. The minimum Gasteiger partial charge on any atom is -0.433 e. The van der Waals surface area contributed by atoms with Crippen molar-refractivity contribution in [1.29, 1.82) is 0 Å². The minimum absolute atomic E-state index is 0.0851. The molecule has 0 aliphatic carbocycles. The van der Waals surface area contributed by atoms with Crippen LogP contribution >= 0.6 is 11.6 Å². The molecule has 5 heteroatoms. The molecule has 72 valence electrons. The molecule has 0 heterocycles. The molecular formula is C8H8ClF2NO. The Hall–Kier alpha value is -1.03. The normalized spacial score (nSPS) is 10.2. The van der Waals surface area contributed by atoms with Crippen LogP contribution < -0.4 is 10.1 Å². The van der Waals surface area contributed by atoms with Gasteiger partial charge in [-0.25, -0.2) is 0 Å². The standard InChI is InChI=1S/C8H8ClF2NO/c1-12-6-4-5(9)2-3-7(6)13-8(10)11/h2-4,8,12H,1H3. The largest absolute Gasteiger partial charge is 0.433 e. The molecule has 0 amide bonds. The lowest BCUT2D eigenvalue weighted by Gasteiger charge is -2.09. The predicted octanol–water partition coefficient (Wildman–Crippen LogP) is 2.98. The Morgan fingerprint density at radius 1 is 1.46 bits per heavy atom. The molecule has 0 saturated heterocycles. The highest BCUT2D eigenvalue weighted by Gasteiger charge is 2.08. The Morgan fingerprint density at radius 2 is 2.15 bits per heavy atom. The molecule has 0 spiro atoms. The maximum Gasteiger partial charge on any atom is 0.387 e. The van der Waals surface area contributed by atoms with Crippen LogP contribution in [0.2, 0.25) is 5.02 Å². The minimum atomic E-state index is -2.83. The fraction of sp³-hybridized carbons (Fsp3) is 0.250. The first-order valence-corrected chi connectivity index (χ1v) is 3.93. The van der Waals surface area contributed by atoms with Gasteiger partial charge in [-0.2, -0.15) is 8.78 Å². The third kappa shape index (κ3) is 2.73. The lowest BCUT2D eigenvalue weighted by atomic mass is 10.3. The maximum absolute atomic E-state index is 11.9. The van der Waals surface area contributed by atoms with E-state index >= 15 is 0 Å². The van der Waals surface area contributed by atoms with Crippen LogP contribution in [0.3, 0.4) is 0 Å². The second kappa shape index (κ2) is 4.28. The van der Waals surface area contributed by atoms with Gasteiger partial charge in [0.25, 0.3) is 0 Å². The first-order valence-electron chi connectivity index (χ1n) is 3.55. The van der Waals surface area contributed by atoms with Crippen LogP contribution in [0.1, 0.15) is 0 Å². The van der Waals surface area contributed by atoms with Crippen molar-refractivity contribution in [3.8, 4) is 5.75 Å². The van der Waals surface area contributed by atoms with E-state index in [-0.39, 0.29) is 5.75 Å². The first-order chi connectivity index (χ1) is 6.13. The second-order valence-electron chi connectivity index (χ2n) is 2.27. The topological polar surface area (TPSA) is 21.3 Å². The molecule has 0 aromatic heterocycles. The van der Waals surface area contributed by atoms with Gasteiger partial charge >= 0.3 is 6.61 Å². The summed E-state index contributed by atoms with van der Waals surface area (Å²) in [6, 6.07) is 4.39. The summed E-state index contributed by atoms with van der Waals surface area (Å²) < 4.78 is 27.9. The van der Waals surface area contributed by atoms with Gasteiger partial charge in [-0.3, -0.25) is 0 Å². The molecule has 0 fully saturated rings. The zero-order valence-corrected chi connectivity index (χ0v) is 7.61. The van der Waals surface area contributed by atoms with Crippen molar-refractivity contribution in [2.45, 2.75) is 6.61 Å². The van der Waals surface area contributed by atoms with Crippen LogP contribution in [0.4, 0.5) is 14.5 Å². The highest BCUT2D eigenvalue weighted by Crippen LogP contribution is 2.28. The van der Waals surface area contributed by atoms with Gasteiger partial charge in [0.15, 0.2) is 0 Å². The van der Waals surface area contributed by atoms with Crippen molar-refractivity contribution >= 4 is 17.3 Å². The number of rotatable bonds is 3. The molecule has 0 radical (unpaired) electrons. The van der Waals surface area contributed by atoms with Crippen molar-refractivity contribution in [2.75, 3.05) is 12.4 Å². The molecule has 1 N–H and O–H groups in total. The molecule has 0 bridgehead atoms. The molecule has 0 saturated carbocycles. The lowest BCUT2D eigenvalue weighted by Crippen LogP contribution is -2.04. The number of hydrogen-bond donors (Lipinski definition) is 1.